The first-order chi connectivity index (χ1) is 13.2. The maximum absolute atomic E-state index is 10.0. The van der Waals surface area contributed by atoms with Gasteiger partial charge in [0.15, 0.2) is 0 Å². The van der Waals surface area contributed by atoms with Gasteiger partial charge in [0, 0.05) is 12.1 Å². The Kier molecular flexibility index (Phi) is 5.25. The van der Waals surface area contributed by atoms with Crippen molar-refractivity contribution in [2.24, 2.45) is 11.0 Å². The predicted octanol–water partition coefficient (Wildman–Crippen LogP) is 5.13. The fourth-order valence-corrected chi connectivity index (χ4v) is 4.47. The maximum atomic E-state index is 10.0. The smallest absolute Gasteiger partial charge is 0.207 e. The minimum Gasteiger partial charge on any atom is -0.508 e. The molecule has 1 heterocycles. The number of aromatic hydroxyl groups is 2. The van der Waals surface area contributed by atoms with E-state index in [0.717, 1.165) is 21.9 Å². The Hall–Kier alpha value is -2.60. The average Bonchev–Trinajstić information content (AvgIpc) is 3.12. The highest BCUT2D eigenvalue weighted by Crippen LogP contribution is 2.32. The van der Waals surface area contributed by atoms with Gasteiger partial charge in [-0.2, -0.15) is 5.10 Å². The Morgan fingerprint density at radius 3 is 2.74 bits per heavy atom. The molecule has 1 saturated carbocycles. The number of thiazole rings is 1. The van der Waals surface area contributed by atoms with Crippen LogP contribution in [0, 0.1) is 5.92 Å². The van der Waals surface area contributed by atoms with Crippen LogP contribution >= 0.6 is 11.3 Å². The Labute approximate surface area is 162 Å². The summed E-state index contributed by atoms with van der Waals surface area (Å²) in [6.45, 7) is 0.815. The number of para-hydroxylation sites is 1. The molecule has 3 aromatic rings. The van der Waals surface area contributed by atoms with Gasteiger partial charge in [0.2, 0.25) is 5.13 Å². The number of nitrogens with zero attached hydrogens (tertiary/aromatic N) is 3. The standard InChI is InChI=1S/C21H23N3O2S/c25-17-10-11-19(26)16(12-17)13-22-24(14-15-6-2-1-3-7-15)21-23-18-8-4-5-9-20(18)27-21/h4-5,8-13,15,25-26H,1-3,6-7,14H2. The fourth-order valence-electron chi connectivity index (χ4n) is 3.54. The van der Waals surface area contributed by atoms with Gasteiger partial charge in [0.1, 0.15) is 11.5 Å². The van der Waals surface area contributed by atoms with Crippen molar-refractivity contribution in [2.45, 2.75) is 32.1 Å². The zero-order valence-electron chi connectivity index (χ0n) is 15.1. The molecule has 5 nitrogen and oxygen atoms in total. The predicted molar refractivity (Wildman–Crippen MR) is 111 cm³/mol. The number of aromatic nitrogens is 1. The highest BCUT2D eigenvalue weighted by atomic mass is 32.1. The van der Waals surface area contributed by atoms with Crippen LogP contribution in [0.4, 0.5) is 5.13 Å². The van der Waals surface area contributed by atoms with E-state index >= 15 is 0 Å². The molecule has 1 aromatic heterocycles. The van der Waals surface area contributed by atoms with E-state index in [4.69, 9.17) is 4.98 Å². The number of hydrogen-bond donors (Lipinski definition) is 2. The third-order valence-corrected chi connectivity index (χ3v) is 6.06. The quantitative estimate of drug-likeness (QED) is 0.365. The number of phenols is 2. The normalized spacial score (nSPS) is 15.6. The summed E-state index contributed by atoms with van der Waals surface area (Å²) < 4.78 is 1.14. The van der Waals surface area contributed by atoms with Crippen molar-refractivity contribution in [3.63, 3.8) is 0 Å². The third-order valence-electron chi connectivity index (χ3n) is 5.01. The SMILES string of the molecule is Oc1ccc(O)c(C=NN(CC2CCCCC2)c2nc3ccccc3s2)c1. The van der Waals surface area contributed by atoms with Crippen molar-refractivity contribution in [3.8, 4) is 11.5 Å². The second-order valence-electron chi connectivity index (χ2n) is 7.04. The fraction of sp³-hybridized carbons (Fsp3) is 0.333. The van der Waals surface area contributed by atoms with Crippen molar-refractivity contribution in [2.75, 3.05) is 11.6 Å². The van der Waals surface area contributed by atoms with Gasteiger partial charge in [-0.3, -0.25) is 0 Å². The van der Waals surface area contributed by atoms with E-state index in [-0.39, 0.29) is 11.5 Å². The lowest BCUT2D eigenvalue weighted by molar-refractivity contribution is 0.359. The largest absolute Gasteiger partial charge is 0.508 e. The van der Waals surface area contributed by atoms with Crippen LogP contribution in [0.3, 0.4) is 0 Å². The number of fused-ring (bicyclic) bond motifs is 1. The number of anilines is 1. The first-order valence-corrected chi connectivity index (χ1v) is 10.2. The zero-order chi connectivity index (χ0) is 18.6. The van der Waals surface area contributed by atoms with Gasteiger partial charge in [-0.05, 0) is 49.1 Å². The number of phenolic OH excluding ortho intramolecular Hbond substituents is 2. The van der Waals surface area contributed by atoms with E-state index in [0.29, 0.717) is 11.5 Å². The lowest BCUT2D eigenvalue weighted by Gasteiger charge is -2.26. The molecule has 1 aliphatic rings. The topological polar surface area (TPSA) is 69.0 Å². The number of benzene rings is 2. The van der Waals surface area contributed by atoms with Crippen LogP contribution in [0.25, 0.3) is 10.2 Å². The van der Waals surface area contributed by atoms with Crippen LogP contribution in [0.2, 0.25) is 0 Å². The van der Waals surface area contributed by atoms with Gasteiger partial charge in [0.05, 0.1) is 16.4 Å². The average molecular weight is 382 g/mol. The molecule has 0 amide bonds. The molecular formula is C21H23N3O2S. The summed E-state index contributed by atoms with van der Waals surface area (Å²) in [4.78, 5) is 4.75. The maximum Gasteiger partial charge on any atom is 0.207 e. The van der Waals surface area contributed by atoms with Gasteiger partial charge < -0.3 is 10.2 Å². The summed E-state index contributed by atoms with van der Waals surface area (Å²) in [6, 6.07) is 12.5. The molecule has 0 spiro atoms. The highest BCUT2D eigenvalue weighted by molar-refractivity contribution is 7.22. The first kappa shape index (κ1) is 17.8. The minimum absolute atomic E-state index is 0.0958. The van der Waals surface area contributed by atoms with Crippen molar-refractivity contribution in [1.29, 1.82) is 0 Å². The highest BCUT2D eigenvalue weighted by Gasteiger charge is 2.19. The Morgan fingerprint density at radius 2 is 1.93 bits per heavy atom. The third kappa shape index (κ3) is 4.22. The van der Waals surface area contributed by atoms with Gasteiger partial charge in [0.25, 0.3) is 0 Å². The van der Waals surface area contributed by atoms with Crippen molar-refractivity contribution in [1.82, 2.24) is 4.98 Å². The molecule has 1 aliphatic carbocycles. The number of rotatable bonds is 5. The van der Waals surface area contributed by atoms with Gasteiger partial charge >= 0.3 is 0 Å². The molecule has 140 valence electrons. The van der Waals surface area contributed by atoms with Crippen molar-refractivity contribution < 1.29 is 10.2 Å². The molecular weight excluding hydrogens is 358 g/mol. The molecule has 27 heavy (non-hydrogen) atoms. The van der Waals surface area contributed by atoms with E-state index in [9.17, 15) is 10.2 Å². The molecule has 0 atom stereocenters. The summed E-state index contributed by atoms with van der Waals surface area (Å²) in [5.41, 5.74) is 1.46. The van der Waals surface area contributed by atoms with Crippen LogP contribution in [0.5, 0.6) is 11.5 Å². The van der Waals surface area contributed by atoms with Crippen LogP contribution < -0.4 is 5.01 Å². The lowest BCUT2D eigenvalue weighted by atomic mass is 9.89. The summed E-state index contributed by atoms with van der Waals surface area (Å²) >= 11 is 1.63. The zero-order valence-corrected chi connectivity index (χ0v) is 15.9. The van der Waals surface area contributed by atoms with E-state index < -0.39 is 0 Å². The van der Waals surface area contributed by atoms with Crippen LogP contribution in [0.15, 0.2) is 47.6 Å². The minimum atomic E-state index is 0.0958. The second kappa shape index (κ2) is 7.96. The Morgan fingerprint density at radius 1 is 1.11 bits per heavy atom. The second-order valence-corrected chi connectivity index (χ2v) is 8.05. The molecule has 6 heteroatoms. The van der Waals surface area contributed by atoms with Gasteiger partial charge in [-0.1, -0.05) is 42.7 Å². The van der Waals surface area contributed by atoms with Crippen LogP contribution in [0.1, 0.15) is 37.7 Å². The molecule has 2 aromatic carbocycles. The lowest BCUT2D eigenvalue weighted by Crippen LogP contribution is -2.26. The van der Waals surface area contributed by atoms with Gasteiger partial charge in [-0.15, -0.1) is 0 Å². The molecule has 0 unspecified atom stereocenters. The Bertz CT molecular complexity index is 915. The summed E-state index contributed by atoms with van der Waals surface area (Å²) in [6.07, 6.45) is 7.90. The summed E-state index contributed by atoms with van der Waals surface area (Å²) in [7, 11) is 0. The van der Waals surface area contributed by atoms with Crippen molar-refractivity contribution >= 4 is 32.9 Å². The molecule has 4 rings (SSSR count). The molecule has 0 bridgehead atoms. The molecule has 0 radical (unpaired) electrons. The van der Waals surface area contributed by atoms with E-state index in [2.05, 4.69) is 11.2 Å². The monoisotopic (exact) mass is 381 g/mol. The first-order valence-electron chi connectivity index (χ1n) is 9.38. The molecule has 0 aliphatic heterocycles. The number of hydrogen-bond acceptors (Lipinski definition) is 6. The van der Waals surface area contributed by atoms with Crippen LogP contribution in [-0.4, -0.2) is 28.0 Å². The Balaban J connectivity index is 1.64. The van der Waals surface area contributed by atoms with Crippen molar-refractivity contribution in [3.05, 3.63) is 48.0 Å². The number of hydrazone groups is 1. The molecule has 0 saturated heterocycles. The van der Waals surface area contributed by atoms with Gasteiger partial charge in [-0.25, -0.2) is 9.99 Å². The van der Waals surface area contributed by atoms with Crippen LogP contribution in [-0.2, 0) is 0 Å². The van der Waals surface area contributed by atoms with E-state index in [1.807, 2.05) is 23.2 Å². The summed E-state index contributed by atoms with van der Waals surface area (Å²) in [5, 5.41) is 27.1. The molecule has 2 N–H and O–H groups in total. The summed E-state index contributed by atoms with van der Waals surface area (Å²) in [5.74, 6) is 0.798. The van der Waals surface area contributed by atoms with E-state index in [1.165, 1.54) is 50.3 Å². The molecule has 1 fully saturated rings. The van der Waals surface area contributed by atoms with E-state index in [1.54, 1.807) is 17.6 Å².